The Morgan fingerprint density at radius 2 is 2.36 bits per heavy atom. The van der Waals surface area contributed by atoms with Crippen LogP contribution in [0.4, 0.5) is 0 Å². The van der Waals surface area contributed by atoms with Crippen LogP contribution < -0.4 is 0 Å². The van der Waals surface area contributed by atoms with E-state index in [0.29, 0.717) is 31.5 Å². The number of thiophene rings is 1. The molecular formula is C14H18N4O2S2. The minimum Gasteiger partial charge on any atom is -0.378 e. The summed E-state index contributed by atoms with van der Waals surface area (Å²) in [5.41, 5.74) is 0. The van der Waals surface area contributed by atoms with Crippen molar-refractivity contribution in [1.82, 2.24) is 20.1 Å². The third kappa shape index (κ3) is 3.88. The highest BCUT2D eigenvalue weighted by Gasteiger charge is 2.24. The Morgan fingerprint density at radius 3 is 3.09 bits per heavy atom. The van der Waals surface area contributed by atoms with Crippen molar-refractivity contribution in [2.75, 3.05) is 26.3 Å². The van der Waals surface area contributed by atoms with E-state index in [9.17, 15) is 4.79 Å². The van der Waals surface area contributed by atoms with E-state index in [1.165, 1.54) is 16.6 Å². The van der Waals surface area contributed by atoms with Gasteiger partial charge in [-0.25, -0.2) is 4.98 Å². The van der Waals surface area contributed by atoms with E-state index in [-0.39, 0.29) is 11.2 Å². The number of ether oxygens (including phenoxy) is 1. The van der Waals surface area contributed by atoms with Gasteiger partial charge in [-0.1, -0.05) is 17.8 Å². The summed E-state index contributed by atoms with van der Waals surface area (Å²) in [5.74, 6) is 0.953. The van der Waals surface area contributed by atoms with Crippen LogP contribution in [0.25, 0.3) is 0 Å². The summed E-state index contributed by atoms with van der Waals surface area (Å²) in [6, 6.07) is 4.10. The first kappa shape index (κ1) is 15.5. The molecule has 0 spiro atoms. The van der Waals surface area contributed by atoms with Gasteiger partial charge in [-0.15, -0.1) is 16.4 Å². The molecule has 0 saturated carbocycles. The van der Waals surface area contributed by atoms with Crippen molar-refractivity contribution >= 4 is 29.0 Å². The summed E-state index contributed by atoms with van der Waals surface area (Å²) < 4.78 is 5.27. The molecule has 6 nitrogen and oxygen atoms in total. The van der Waals surface area contributed by atoms with Crippen LogP contribution >= 0.6 is 23.1 Å². The van der Waals surface area contributed by atoms with Gasteiger partial charge in [0.2, 0.25) is 11.1 Å². The SMILES string of the molecule is CC(Sc1n[nH]c(Cc2cccs2)n1)C(=O)N1CCOCC1. The van der Waals surface area contributed by atoms with Crippen LogP contribution in [0.3, 0.4) is 0 Å². The molecule has 2 aromatic rings. The molecule has 0 aromatic carbocycles. The second kappa shape index (κ2) is 7.26. The highest BCUT2D eigenvalue weighted by Crippen LogP contribution is 2.22. The molecule has 118 valence electrons. The summed E-state index contributed by atoms with van der Waals surface area (Å²) in [5, 5.41) is 9.63. The molecule has 0 radical (unpaired) electrons. The van der Waals surface area contributed by atoms with Gasteiger partial charge in [-0.2, -0.15) is 0 Å². The Kier molecular flexibility index (Phi) is 5.12. The Balaban J connectivity index is 1.56. The fourth-order valence-electron chi connectivity index (χ4n) is 2.24. The molecule has 1 aliphatic rings. The van der Waals surface area contributed by atoms with Crippen molar-refractivity contribution in [3.8, 4) is 0 Å². The topological polar surface area (TPSA) is 71.1 Å². The molecule has 0 aliphatic carbocycles. The van der Waals surface area contributed by atoms with Gasteiger partial charge in [-0.3, -0.25) is 9.89 Å². The van der Waals surface area contributed by atoms with Gasteiger partial charge >= 0.3 is 0 Å². The Bertz CT molecular complexity index is 608. The second-order valence-electron chi connectivity index (χ2n) is 5.02. The number of nitrogens with zero attached hydrogens (tertiary/aromatic N) is 3. The van der Waals surface area contributed by atoms with Crippen molar-refractivity contribution in [3.63, 3.8) is 0 Å². The lowest BCUT2D eigenvalue weighted by Crippen LogP contribution is -2.44. The number of aromatic amines is 1. The molecule has 1 saturated heterocycles. The molecule has 3 heterocycles. The number of thioether (sulfide) groups is 1. The lowest BCUT2D eigenvalue weighted by atomic mass is 10.3. The number of aromatic nitrogens is 3. The predicted octanol–water partition coefficient (Wildman–Crippen LogP) is 1.80. The van der Waals surface area contributed by atoms with Gasteiger partial charge in [0.05, 0.1) is 18.5 Å². The summed E-state index contributed by atoms with van der Waals surface area (Å²) in [4.78, 5) is 19.9. The van der Waals surface area contributed by atoms with Crippen molar-refractivity contribution in [2.24, 2.45) is 0 Å². The first-order valence-electron chi connectivity index (χ1n) is 7.19. The zero-order chi connectivity index (χ0) is 15.4. The molecule has 8 heteroatoms. The summed E-state index contributed by atoms with van der Waals surface area (Å²) in [6.07, 6.45) is 0.747. The largest absolute Gasteiger partial charge is 0.378 e. The van der Waals surface area contributed by atoms with Crippen LogP contribution in [0.2, 0.25) is 0 Å². The van der Waals surface area contributed by atoms with E-state index in [1.807, 2.05) is 23.3 Å². The molecule has 1 aliphatic heterocycles. The van der Waals surface area contributed by atoms with E-state index in [2.05, 4.69) is 21.2 Å². The number of amides is 1. The summed E-state index contributed by atoms with van der Waals surface area (Å²) in [7, 11) is 0. The molecule has 1 unspecified atom stereocenters. The van der Waals surface area contributed by atoms with Crippen LogP contribution in [-0.4, -0.2) is 57.5 Å². The molecule has 1 fully saturated rings. The molecule has 1 atom stereocenters. The first-order valence-corrected chi connectivity index (χ1v) is 8.95. The Hall–Kier alpha value is -1.38. The lowest BCUT2D eigenvalue weighted by Gasteiger charge is -2.28. The average Bonchev–Trinajstić information content (AvgIpc) is 3.20. The Morgan fingerprint density at radius 1 is 1.55 bits per heavy atom. The third-order valence-electron chi connectivity index (χ3n) is 3.39. The molecule has 2 aromatic heterocycles. The first-order chi connectivity index (χ1) is 10.7. The van der Waals surface area contributed by atoms with Crippen LogP contribution in [-0.2, 0) is 16.0 Å². The van der Waals surface area contributed by atoms with E-state index >= 15 is 0 Å². The van der Waals surface area contributed by atoms with Crippen molar-refractivity contribution in [3.05, 3.63) is 28.2 Å². The fraction of sp³-hybridized carbons (Fsp3) is 0.500. The quantitative estimate of drug-likeness (QED) is 0.842. The maximum absolute atomic E-state index is 12.4. The smallest absolute Gasteiger partial charge is 0.236 e. The number of rotatable bonds is 5. The van der Waals surface area contributed by atoms with Gasteiger partial charge in [0.1, 0.15) is 5.82 Å². The zero-order valence-corrected chi connectivity index (χ0v) is 14.0. The highest BCUT2D eigenvalue weighted by molar-refractivity contribution is 8.00. The van der Waals surface area contributed by atoms with Gasteiger partial charge in [0.25, 0.3) is 0 Å². The summed E-state index contributed by atoms with van der Waals surface area (Å²) >= 11 is 3.09. The van der Waals surface area contributed by atoms with E-state index in [0.717, 1.165) is 12.2 Å². The molecule has 0 bridgehead atoms. The van der Waals surface area contributed by atoms with Gasteiger partial charge in [-0.05, 0) is 18.4 Å². The molecule has 22 heavy (non-hydrogen) atoms. The lowest BCUT2D eigenvalue weighted by molar-refractivity contribution is -0.134. The summed E-state index contributed by atoms with van der Waals surface area (Å²) in [6.45, 7) is 4.48. The monoisotopic (exact) mass is 338 g/mol. The molecule has 1 N–H and O–H groups in total. The second-order valence-corrected chi connectivity index (χ2v) is 7.36. The van der Waals surface area contributed by atoms with Crippen molar-refractivity contribution < 1.29 is 9.53 Å². The number of H-pyrrole nitrogens is 1. The van der Waals surface area contributed by atoms with Gasteiger partial charge < -0.3 is 9.64 Å². The van der Waals surface area contributed by atoms with Crippen LogP contribution in [0, 0.1) is 0 Å². The normalized spacial score (nSPS) is 16.7. The Labute approximate surface area is 137 Å². The van der Waals surface area contributed by atoms with E-state index < -0.39 is 0 Å². The zero-order valence-electron chi connectivity index (χ0n) is 12.3. The third-order valence-corrected chi connectivity index (χ3v) is 5.21. The number of morpholine rings is 1. The average molecular weight is 338 g/mol. The number of hydrogen-bond acceptors (Lipinski definition) is 6. The highest BCUT2D eigenvalue weighted by atomic mass is 32.2. The maximum atomic E-state index is 12.4. The number of hydrogen-bond donors (Lipinski definition) is 1. The van der Waals surface area contributed by atoms with Gasteiger partial charge in [0, 0.05) is 24.4 Å². The fourth-order valence-corrected chi connectivity index (χ4v) is 3.77. The van der Waals surface area contributed by atoms with Crippen LogP contribution in [0.15, 0.2) is 22.7 Å². The minimum atomic E-state index is -0.191. The minimum absolute atomic E-state index is 0.123. The van der Waals surface area contributed by atoms with E-state index in [4.69, 9.17) is 4.74 Å². The van der Waals surface area contributed by atoms with Crippen LogP contribution in [0.5, 0.6) is 0 Å². The maximum Gasteiger partial charge on any atom is 0.236 e. The van der Waals surface area contributed by atoms with E-state index in [1.54, 1.807) is 11.3 Å². The van der Waals surface area contributed by atoms with Crippen molar-refractivity contribution in [2.45, 2.75) is 23.8 Å². The number of carbonyl (C=O) groups is 1. The number of carbonyl (C=O) groups excluding carboxylic acids is 1. The van der Waals surface area contributed by atoms with Crippen molar-refractivity contribution in [1.29, 1.82) is 0 Å². The predicted molar refractivity (Wildman–Crippen MR) is 86.2 cm³/mol. The number of nitrogens with one attached hydrogen (secondary N) is 1. The standard InChI is InChI=1S/C14H18N4O2S2/c1-10(13(19)18-4-6-20-7-5-18)22-14-15-12(16-17-14)9-11-3-2-8-21-11/h2-3,8,10H,4-7,9H2,1H3,(H,15,16,17). The molecule has 1 amide bonds. The van der Waals surface area contributed by atoms with Crippen LogP contribution in [0.1, 0.15) is 17.6 Å². The molecule has 3 rings (SSSR count). The molecular weight excluding hydrogens is 320 g/mol. The van der Waals surface area contributed by atoms with Gasteiger partial charge in [0.15, 0.2) is 0 Å².